The van der Waals surface area contributed by atoms with Gasteiger partial charge >= 0.3 is 5.63 Å². The average Bonchev–Trinajstić information content (AvgIpc) is 2.61. The van der Waals surface area contributed by atoms with Gasteiger partial charge in [-0.1, -0.05) is 0 Å². The first-order valence-corrected chi connectivity index (χ1v) is 9.23. The number of morpholine rings is 1. The van der Waals surface area contributed by atoms with Crippen molar-refractivity contribution < 1.29 is 18.7 Å². The summed E-state index contributed by atoms with van der Waals surface area (Å²) in [6, 6.07) is 5.08. The minimum Gasteiger partial charge on any atom is -0.480 e. The summed E-state index contributed by atoms with van der Waals surface area (Å²) in [7, 11) is 0. The summed E-state index contributed by atoms with van der Waals surface area (Å²) < 4.78 is 16.5. The van der Waals surface area contributed by atoms with Gasteiger partial charge in [-0.3, -0.25) is 9.69 Å². The fraction of sp³-hybridized carbons (Fsp3) is 0.500. The Morgan fingerprint density at radius 2 is 2.00 bits per heavy atom. The third kappa shape index (κ3) is 4.87. The van der Waals surface area contributed by atoms with E-state index in [9.17, 15) is 9.59 Å². The Balaban J connectivity index is 1.65. The lowest BCUT2D eigenvalue weighted by atomic mass is 10.1. The van der Waals surface area contributed by atoms with Gasteiger partial charge in [0.25, 0.3) is 5.91 Å². The number of hydrogen-bond acceptors (Lipinski definition) is 6. The number of carbonyl (C=O) groups is 1. The van der Waals surface area contributed by atoms with Crippen LogP contribution in [-0.2, 0) is 9.53 Å². The summed E-state index contributed by atoms with van der Waals surface area (Å²) >= 11 is 0. The van der Waals surface area contributed by atoms with E-state index in [-0.39, 0.29) is 5.91 Å². The van der Waals surface area contributed by atoms with Crippen LogP contribution in [0.1, 0.15) is 18.1 Å². The molecule has 0 aliphatic carbocycles. The normalized spacial score (nSPS) is 16.3. The lowest BCUT2D eigenvalue weighted by Gasteiger charge is -2.26. The van der Waals surface area contributed by atoms with Crippen molar-refractivity contribution in [1.82, 2.24) is 10.2 Å². The van der Waals surface area contributed by atoms with Crippen molar-refractivity contribution in [3.8, 4) is 5.75 Å². The molecule has 7 heteroatoms. The third-order valence-electron chi connectivity index (χ3n) is 4.65. The monoisotopic (exact) mass is 374 g/mol. The van der Waals surface area contributed by atoms with Gasteiger partial charge in [0, 0.05) is 32.2 Å². The van der Waals surface area contributed by atoms with Gasteiger partial charge in [0.1, 0.15) is 11.3 Å². The fourth-order valence-electron chi connectivity index (χ4n) is 3.22. The molecule has 1 saturated heterocycles. The van der Waals surface area contributed by atoms with Gasteiger partial charge in [-0.05, 0) is 44.0 Å². The van der Waals surface area contributed by atoms with Gasteiger partial charge in [-0.2, -0.15) is 0 Å². The van der Waals surface area contributed by atoms with Crippen LogP contribution in [0.5, 0.6) is 5.75 Å². The molecular weight excluding hydrogens is 348 g/mol. The molecule has 27 heavy (non-hydrogen) atoms. The smallest absolute Gasteiger partial charge is 0.336 e. The Morgan fingerprint density at radius 1 is 1.26 bits per heavy atom. The molecule has 2 aromatic rings. The number of ether oxygens (including phenoxy) is 2. The molecule has 0 bridgehead atoms. The van der Waals surface area contributed by atoms with Gasteiger partial charge < -0.3 is 19.2 Å². The van der Waals surface area contributed by atoms with E-state index in [4.69, 9.17) is 13.9 Å². The first kappa shape index (κ1) is 19.4. The number of amides is 1. The van der Waals surface area contributed by atoms with Crippen LogP contribution in [0.25, 0.3) is 11.0 Å². The van der Waals surface area contributed by atoms with Crippen molar-refractivity contribution in [2.75, 3.05) is 39.4 Å². The van der Waals surface area contributed by atoms with E-state index in [0.29, 0.717) is 23.3 Å². The fourth-order valence-corrected chi connectivity index (χ4v) is 3.22. The molecule has 1 amide bonds. The van der Waals surface area contributed by atoms with Gasteiger partial charge in [0.15, 0.2) is 6.10 Å². The van der Waals surface area contributed by atoms with Crippen molar-refractivity contribution in [3.05, 3.63) is 39.7 Å². The van der Waals surface area contributed by atoms with Crippen LogP contribution >= 0.6 is 0 Å². The number of nitrogens with zero attached hydrogens (tertiary/aromatic N) is 1. The zero-order valence-electron chi connectivity index (χ0n) is 16.0. The number of hydrogen-bond donors (Lipinski definition) is 1. The molecule has 1 N–H and O–H groups in total. The number of aryl methyl sites for hydroxylation is 2. The maximum absolute atomic E-state index is 12.4. The minimum atomic E-state index is -0.661. The quantitative estimate of drug-likeness (QED) is 0.774. The van der Waals surface area contributed by atoms with Crippen LogP contribution in [0.15, 0.2) is 27.4 Å². The molecule has 2 heterocycles. The van der Waals surface area contributed by atoms with Gasteiger partial charge in [0.2, 0.25) is 0 Å². The molecule has 0 unspecified atom stereocenters. The molecule has 3 rings (SSSR count). The Bertz CT molecular complexity index is 871. The second-order valence-electron chi connectivity index (χ2n) is 6.89. The highest BCUT2D eigenvalue weighted by molar-refractivity contribution is 5.88. The number of benzene rings is 1. The lowest BCUT2D eigenvalue weighted by Crippen LogP contribution is -2.43. The van der Waals surface area contributed by atoms with Crippen LogP contribution in [0.4, 0.5) is 0 Å². The predicted molar refractivity (Wildman–Crippen MR) is 102 cm³/mol. The molecule has 1 aromatic carbocycles. The Kier molecular flexibility index (Phi) is 6.13. The van der Waals surface area contributed by atoms with Gasteiger partial charge in [-0.15, -0.1) is 0 Å². The van der Waals surface area contributed by atoms with Crippen LogP contribution in [0, 0.1) is 13.8 Å². The highest BCUT2D eigenvalue weighted by Crippen LogP contribution is 2.30. The van der Waals surface area contributed by atoms with Crippen LogP contribution in [0.2, 0.25) is 0 Å². The average molecular weight is 374 g/mol. The highest BCUT2D eigenvalue weighted by atomic mass is 16.5. The summed E-state index contributed by atoms with van der Waals surface area (Å²) in [5.41, 5.74) is 1.72. The van der Waals surface area contributed by atoms with Gasteiger partial charge in [-0.25, -0.2) is 4.79 Å². The lowest BCUT2D eigenvalue weighted by molar-refractivity contribution is -0.127. The van der Waals surface area contributed by atoms with Crippen LogP contribution in [-0.4, -0.2) is 56.3 Å². The molecule has 1 aliphatic rings. The van der Waals surface area contributed by atoms with E-state index in [2.05, 4.69) is 10.2 Å². The van der Waals surface area contributed by atoms with E-state index in [0.717, 1.165) is 44.0 Å². The third-order valence-corrected chi connectivity index (χ3v) is 4.65. The first-order chi connectivity index (χ1) is 12.9. The number of rotatable bonds is 6. The topological polar surface area (TPSA) is 81.0 Å². The molecule has 146 valence electrons. The number of fused-ring (bicyclic) bond motifs is 1. The Labute approximate surface area is 158 Å². The largest absolute Gasteiger partial charge is 0.480 e. The van der Waals surface area contributed by atoms with Crippen LogP contribution in [0.3, 0.4) is 0 Å². The summed E-state index contributed by atoms with van der Waals surface area (Å²) in [6.07, 6.45) is -0.661. The van der Waals surface area contributed by atoms with E-state index < -0.39 is 11.7 Å². The maximum atomic E-state index is 12.4. The second-order valence-corrected chi connectivity index (χ2v) is 6.89. The zero-order valence-corrected chi connectivity index (χ0v) is 16.0. The van der Waals surface area contributed by atoms with Crippen molar-refractivity contribution in [2.45, 2.75) is 26.9 Å². The number of nitrogens with one attached hydrogen (secondary N) is 1. The van der Waals surface area contributed by atoms with E-state index in [1.165, 1.54) is 6.07 Å². The molecule has 1 aromatic heterocycles. The second kappa shape index (κ2) is 8.54. The summed E-state index contributed by atoms with van der Waals surface area (Å²) in [4.78, 5) is 26.3. The van der Waals surface area contributed by atoms with Crippen molar-refractivity contribution >= 4 is 16.9 Å². The zero-order chi connectivity index (χ0) is 19.4. The van der Waals surface area contributed by atoms with Gasteiger partial charge in [0.05, 0.1) is 18.6 Å². The SMILES string of the molecule is Cc1cc(O[C@H](C)C(=O)NCCN2CCOCC2)c2c(C)cc(=O)oc2c1. The van der Waals surface area contributed by atoms with Crippen molar-refractivity contribution in [1.29, 1.82) is 0 Å². The molecule has 0 radical (unpaired) electrons. The highest BCUT2D eigenvalue weighted by Gasteiger charge is 2.18. The molecule has 7 nitrogen and oxygen atoms in total. The van der Waals surface area contributed by atoms with E-state index >= 15 is 0 Å². The molecule has 1 fully saturated rings. The van der Waals surface area contributed by atoms with E-state index in [1.54, 1.807) is 13.0 Å². The summed E-state index contributed by atoms with van der Waals surface area (Å²) in [6.45, 7) is 10.0. The predicted octanol–water partition coefficient (Wildman–Crippen LogP) is 1.63. The van der Waals surface area contributed by atoms with E-state index in [1.807, 2.05) is 19.9 Å². The first-order valence-electron chi connectivity index (χ1n) is 9.23. The molecule has 1 aliphatic heterocycles. The molecule has 1 atom stereocenters. The molecule has 0 saturated carbocycles. The molecular formula is C20H26N2O5. The Morgan fingerprint density at radius 3 is 2.74 bits per heavy atom. The summed E-state index contributed by atoms with van der Waals surface area (Å²) in [5.74, 6) is 0.370. The molecule has 0 spiro atoms. The van der Waals surface area contributed by atoms with Crippen molar-refractivity contribution in [2.24, 2.45) is 0 Å². The minimum absolute atomic E-state index is 0.173. The number of carbonyl (C=O) groups excluding carboxylic acids is 1. The Hall–Kier alpha value is -2.38. The van der Waals surface area contributed by atoms with Crippen LogP contribution < -0.4 is 15.7 Å². The van der Waals surface area contributed by atoms with Crippen molar-refractivity contribution in [3.63, 3.8) is 0 Å². The summed E-state index contributed by atoms with van der Waals surface area (Å²) in [5, 5.41) is 3.63. The standard InChI is InChI=1S/C20H26N2O5/c1-13-10-16(19-14(2)12-18(23)27-17(19)11-13)26-15(3)20(24)21-4-5-22-6-8-25-9-7-22/h10-12,15H,4-9H2,1-3H3,(H,21,24)/t15-/m1/s1. The maximum Gasteiger partial charge on any atom is 0.336 e.